The summed E-state index contributed by atoms with van der Waals surface area (Å²) in [6, 6.07) is 8.87. The molecule has 2 nitrogen and oxygen atoms in total. The molecule has 2 rings (SSSR count). The molecule has 1 aromatic carbocycles. The molecule has 2 unspecified atom stereocenters. The molecule has 0 radical (unpaired) electrons. The first-order valence-electron chi connectivity index (χ1n) is 7.39. The Bertz CT molecular complexity index is 413. The van der Waals surface area contributed by atoms with Crippen molar-refractivity contribution in [1.29, 1.82) is 0 Å². The number of ether oxygens (including phenoxy) is 1. The molecule has 106 valence electrons. The number of aryl methyl sites for hydroxylation is 1. The van der Waals surface area contributed by atoms with Crippen LogP contribution in [0.2, 0.25) is 0 Å². The van der Waals surface area contributed by atoms with E-state index in [1.54, 1.807) is 0 Å². The summed E-state index contributed by atoms with van der Waals surface area (Å²) in [5.41, 5.74) is 2.84. The number of hydrogen-bond acceptors (Lipinski definition) is 2. The molecule has 0 bridgehead atoms. The van der Waals surface area contributed by atoms with E-state index in [1.807, 2.05) is 7.05 Å². The molecule has 1 heterocycles. The van der Waals surface area contributed by atoms with Gasteiger partial charge >= 0.3 is 0 Å². The van der Waals surface area contributed by atoms with Gasteiger partial charge in [0.1, 0.15) is 0 Å². The highest BCUT2D eigenvalue weighted by molar-refractivity contribution is 5.26. The number of likely N-dealkylation sites (N-methyl/N-ethyl adjacent to an activating group) is 1. The van der Waals surface area contributed by atoms with Gasteiger partial charge in [-0.15, -0.1) is 0 Å². The summed E-state index contributed by atoms with van der Waals surface area (Å²) in [6.45, 7) is 7.58. The number of nitrogens with one attached hydrogen (secondary N) is 1. The van der Waals surface area contributed by atoms with Crippen LogP contribution in [0.3, 0.4) is 0 Å². The van der Waals surface area contributed by atoms with Crippen molar-refractivity contribution in [2.75, 3.05) is 13.6 Å². The molecule has 2 heteroatoms. The zero-order valence-corrected chi connectivity index (χ0v) is 12.7. The van der Waals surface area contributed by atoms with Crippen LogP contribution in [0.15, 0.2) is 24.3 Å². The number of hydrogen-bond donors (Lipinski definition) is 1. The van der Waals surface area contributed by atoms with Crippen LogP contribution in [0.25, 0.3) is 0 Å². The van der Waals surface area contributed by atoms with Gasteiger partial charge in [0.25, 0.3) is 0 Å². The molecule has 1 fully saturated rings. The van der Waals surface area contributed by atoms with Crippen LogP contribution >= 0.6 is 0 Å². The van der Waals surface area contributed by atoms with Crippen molar-refractivity contribution in [3.8, 4) is 0 Å². The molecule has 1 aliphatic heterocycles. The molecule has 0 spiro atoms. The second-order valence-corrected chi connectivity index (χ2v) is 6.44. The van der Waals surface area contributed by atoms with E-state index in [0.29, 0.717) is 12.0 Å². The fraction of sp³-hybridized carbons (Fsp3) is 0.647. The predicted octanol–water partition coefficient (Wildman–Crippen LogP) is 3.65. The van der Waals surface area contributed by atoms with E-state index in [2.05, 4.69) is 50.4 Å². The van der Waals surface area contributed by atoms with Gasteiger partial charge < -0.3 is 10.1 Å². The normalized spacial score (nSPS) is 23.5. The maximum Gasteiger partial charge on any atom is 0.0631 e. The summed E-state index contributed by atoms with van der Waals surface area (Å²) in [5, 5.41) is 3.32. The third kappa shape index (κ3) is 4.05. The van der Waals surface area contributed by atoms with Gasteiger partial charge in [-0.1, -0.05) is 29.8 Å². The first kappa shape index (κ1) is 14.5. The van der Waals surface area contributed by atoms with Crippen molar-refractivity contribution in [2.45, 2.75) is 57.7 Å². The molecule has 2 atom stereocenters. The third-order valence-corrected chi connectivity index (χ3v) is 4.07. The molecule has 0 aliphatic carbocycles. The van der Waals surface area contributed by atoms with Gasteiger partial charge in [-0.3, -0.25) is 0 Å². The van der Waals surface area contributed by atoms with Gasteiger partial charge in [-0.05, 0) is 58.6 Å². The monoisotopic (exact) mass is 261 g/mol. The lowest BCUT2D eigenvalue weighted by Crippen LogP contribution is -2.24. The Morgan fingerprint density at radius 2 is 2.21 bits per heavy atom. The van der Waals surface area contributed by atoms with Crippen LogP contribution in [-0.4, -0.2) is 25.3 Å². The van der Waals surface area contributed by atoms with Crippen molar-refractivity contribution in [1.82, 2.24) is 5.32 Å². The van der Waals surface area contributed by atoms with E-state index >= 15 is 0 Å². The average Bonchev–Trinajstić information content (AvgIpc) is 2.68. The Hall–Kier alpha value is -0.860. The molecule has 0 amide bonds. The molecule has 0 saturated carbocycles. The first-order chi connectivity index (χ1) is 9.00. The van der Waals surface area contributed by atoms with Crippen LogP contribution in [0, 0.1) is 6.92 Å². The molecular formula is C17H27NO. The minimum Gasteiger partial charge on any atom is -0.372 e. The van der Waals surface area contributed by atoms with E-state index < -0.39 is 0 Å². The quantitative estimate of drug-likeness (QED) is 0.873. The van der Waals surface area contributed by atoms with Gasteiger partial charge in [0, 0.05) is 6.54 Å². The Labute approximate surface area is 117 Å². The maximum absolute atomic E-state index is 6.15. The van der Waals surface area contributed by atoms with Crippen LogP contribution in [0.1, 0.15) is 50.2 Å². The Kier molecular flexibility index (Phi) is 4.64. The summed E-state index contributed by atoms with van der Waals surface area (Å²) >= 11 is 0. The van der Waals surface area contributed by atoms with E-state index in [-0.39, 0.29) is 5.60 Å². The fourth-order valence-corrected chi connectivity index (χ4v) is 3.07. The van der Waals surface area contributed by atoms with Gasteiger partial charge in [0.15, 0.2) is 0 Å². The van der Waals surface area contributed by atoms with Gasteiger partial charge in [-0.25, -0.2) is 0 Å². The second kappa shape index (κ2) is 6.06. The van der Waals surface area contributed by atoms with Crippen LogP contribution in [0.5, 0.6) is 0 Å². The van der Waals surface area contributed by atoms with Crippen molar-refractivity contribution in [3.05, 3.63) is 35.4 Å². The van der Waals surface area contributed by atoms with Gasteiger partial charge in [0.2, 0.25) is 0 Å². The van der Waals surface area contributed by atoms with E-state index in [9.17, 15) is 0 Å². The third-order valence-electron chi connectivity index (χ3n) is 4.07. The Morgan fingerprint density at radius 1 is 1.42 bits per heavy atom. The molecule has 1 saturated heterocycles. The van der Waals surface area contributed by atoms with Crippen molar-refractivity contribution >= 4 is 0 Å². The van der Waals surface area contributed by atoms with Crippen molar-refractivity contribution in [3.63, 3.8) is 0 Å². The lowest BCUT2D eigenvalue weighted by Gasteiger charge is -2.24. The van der Waals surface area contributed by atoms with Crippen LogP contribution in [-0.2, 0) is 4.74 Å². The average molecular weight is 261 g/mol. The highest BCUT2D eigenvalue weighted by atomic mass is 16.5. The summed E-state index contributed by atoms with van der Waals surface area (Å²) in [4.78, 5) is 0. The Balaban J connectivity index is 2.04. The molecule has 19 heavy (non-hydrogen) atoms. The summed E-state index contributed by atoms with van der Waals surface area (Å²) in [5.74, 6) is 0.545. The summed E-state index contributed by atoms with van der Waals surface area (Å²) < 4.78 is 6.15. The highest BCUT2D eigenvalue weighted by Crippen LogP contribution is 2.34. The highest BCUT2D eigenvalue weighted by Gasteiger charge is 2.33. The zero-order valence-electron chi connectivity index (χ0n) is 12.7. The van der Waals surface area contributed by atoms with Gasteiger partial charge in [-0.2, -0.15) is 0 Å². The largest absolute Gasteiger partial charge is 0.372 e. The van der Waals surface area contributed by atoms with Crippen LogP contribution < -0.4 is 5.32 Å². The second-order valence-electron chi connectivity index (χ2n) is 6.44. The SMILES string of the molecule is CNCC(CC1CCC(C)(C)O1)c1cccc(C)c1. The van der Waals surface area contributed by atoms with Gasteiger partial charge in [0.05, 0.1) is 11.7 Å². The number of rotatable bonds is 5. The summed E-state index contributed by atoms with van der Waals surface area (Å²) in [7, 11) is 2.03. The maximum atomic E-state index is 6.15. The molecule has 0 aromatic heterocycles. The van der Waals surface area contributed by atoms with E-state index in [1.165, 1.54) is 24.0 Å². The minimum atomic E-state index is 0.0709. The zero-order chi connectivity index (χ0) is 13.9. The van der Waals surface area contributed by atoms with Crippen molar-refractivity contribution < 1.29 is 4.74 Å². The van der Waals surface area contributed by atoms with Crippen molar-refractivity contribution in [2.24, 2.45) is 0 Å². The molecule has 1 aromatic rings. The molecule has 1 N–H and O–H groups in total. The lowest BCUT2D eigenvalue weighted by atomic mass is 9.91. The minimum absolute atomic E-state index is 0.0709. The van der Waals surface area contributed by atoms with Crippen LogP contribution in [0.4, 0.5) is 0 Å². The lowest BCUT2D eigenvalue weighted by molar-refractivity contribution is -0.0208. The fourth-order valence-electron chi connectivity index (χ4n) is 3.07. The number of benzene rings is 1. The van der Waals surface area contributed by atoms with E-state index in [4.69, 9.17) is 4.74 Å². The topological polar surface area (TPSA) is 21.3 Å². The Morgan fingerprint density at radius 3 is 2.79 bits per heavy atom. The predicted molar refractivity (Wildman–Crippen MR) is 80.6 cm³/mol. The molecule has 1 aliphatic rings. The van der Waals surface area contributed by atoms with E-state index in [0.717, 1.165) is 13.0 Å². The first-order valence-corrected chi connectivity index (χ1v) is 7.39. The molecular weight excluding hydrogens is 234 g/mol. The smallest absolute Gasteiger partial charge is 0.0631 e. The summed E-state index contributed by atoms with van der Waals surface area (Å²) in [6.07, 6.45) is 3.90. The standard InChI is InChI=1S/C17H27NO/c1-13-6-5-7-14(10-13)15(12-18-4)11-16-8-9-17(2,3)19-16/h5-7,10,15-16,18H,8-9,11-12H2,1-4H3.